The molecule has 22 heavy (non-hydrogen) atoms. The van der Waals surface area contributed by atoms with Gasteiger partial charge in [-0.1, -0.05) is 12.1 Å². The highest BCUT2D eigenvalue weighted by Gasteiger charge is 2.28. The van der Waals surface area contributed by atoms with Crippen LogP contribution in [0.5, 0.6) is 0 Å². The van der Waals surface area contributed by atoms with E-state index in [1.165, 1.54) is 0 Å². The van der Waals surface area contributed by atoms with E-state index in [0.717, 1.165) is 22.4 Å². The van der Waals surface area contributed by atoms with Crippen LogP contribution in [0, 0.1) is 6.92 Å². The molecule has 0 saturated carbocycles. The van der Waals surface area contributed by atoms with Crippen LogP contribution < -0.4 is 0 Å². The molecule has 3 rings (SSSR count). The maximum atomic E-state index is 9.81. The van der Waals surface area contributed by atoms with E-state index in [4.69, 9.17) is 4.74 Å². The maximum Gasteiger partial charge on any atom is 0.217 e. The summed E-state index contributed by atoms with van der Waals surface area (Å²) in [6.45, 7) is 6.77. The summed E-state index contributed by atoms with van der Waals surface area (Å²) in [5.41, 5.74) is 3.84. The van der Waals surface area contributed by atoms with Crippen molar-refractivity contribution in [3.8, 4) is 0 Å². The molecule has 0 bridgehead atoms. The van der Waals surface area contributed by atoms with Crippen LogP contribution in [0.3, 0.4) is 0 Å². The number of hydrogen-bond donors (Lipinski definition) is 2. The molecule has 0 saturated heterocycles. The second-order valence-electron chi connectivity index (χ2n) is 6.28. The standard InChI is InChI=1S/C17H21N3O2/c1-11-12(14(8-21)15-7-18-10-19-15)5-4-6-13(11)16-20-17(2,3)9-22-16/h4-7,10,14,21H,8-9H2,1-3H3,(H,18,19). The van der Waals surface area contributed by atoms with Crippen LogP contribution in [0.15, 0.2) is 35.7 Å². The molecule has 0 spiro atoms. The Morgan fingerprint density at radius 3 is 2.82 bits per heavy atom. The van der Waals surface area contributed by atoms with Gasteiger partial charge in [0, 0.05) is 23.4 Å². The lowest BCUT2D eigenvalue weighted by Crippen LogP contribution is -2.17. The fourth-order valence-electron chi connectivity index (χ4n) is 2.81. The molecule has 2 N–H and O–H groups in total. The Bertz CT molecular complexity index is 690. The summed E-state index contributed by atoms with van der Waals surface area (Å²) < 4.78 is 5.76. The van der Waals surface area contributed by atoms with Crippen molar-refractivity contribution >= 4 is 5.90 Å². The van der Waals surface area contributed by atoms with Crippen molar-refractivity contribution in [3.05, 3.63) is 53.1 Å². The number of aromatic nitrogens is 2. The van der Waals surface area contributed by atoms with Gasteiger partial charge in [0.1, 0.15) is 6.61 Å². The number of nitrogens with zero attached hydrogens (tertiary/aromatic N) is 2. The molecule has 1 aromatic carbocycles. The quantitative estimate of drug-likeness (QED) is 0.910. The summed E-state index contributed by atoms with van der Waals surface area (Å²) in [5.74, 6) is 0.558. The van der Waals surface area contributed by atoms with Crippen molar-refractivity contribution in [2.24, 2.45) is 4.99 Å². The Balaban J connectivity index is 2.03. The van der Waals surface area contributed by atoms with Crippen LogP contribution in [0.1, 0.15) is 42.1 Å². The number of imidazole rings is 1. The molecule has 5 nitrogen and oxygen atoms in total. The van der Waals surface area contributed by atoms with Crippen LogP contribution in [0.4, 0.5) is 0 Å². The highest BCUT2D eigenvalue weighted by atomic mass is 16.5. The molecule has 1 aliphatic rings. The minimum Gasteiger partial charge on any atom is -0.475 e. The third-order valence-electron chi connectivity index (χ3n) is 4.03. The van der Waals surface area contributed by atoms with Crippen LogP contribution in [0.25, 0.3) is 0 Å². The van der Waals surface area contributed by atoms with Gasteiger partial charge in [-0.2, -0.15) is 0 Å². The molecule has 2 aromatic rings. The highest BCUT2D eigenvalue weighted by molar-refractivity contribution is 5.97. The normalized spacial score (nSPS) is 17.9. The monoisotopic (exact) mass is 299 g/mol. The molecule has 1 unspecified atom stereocenters. The van der Waals surface area contributed by atoms with Gasteiger partial charge in [0.15, 0.2) is 0 Å². The third-order valence-corrected chi connectivity index (χ3v) is 4.03. The Kier molecular flexibility index (Phi) is 3.74. The van der Waals surface area contributed by atoms with Crippen molar-refractivity contribution in [3.63, 3.8) is 0 Å². The van der Waals surface area contributed by atoms with Crippen molar-refractivity contribution in [2.45, 2.75) is 32.2 Å². The van der Waals surface area contributed by atoms with Crippen molar-refractivity contribution in [1.82, 2.24) is 9.97 Å². The predicted octanol–water partition coefficient (Wildman–Crippen LogP) is 2.40. The highest BCUT2D eigenvalue weighted by Crippen LogP contribution is 2.29. The van der Waals surface area contributed by atoms with Gasteiger partial charge in [0.25, 0.3) is 0 Å². The first-order valence-corrected chi connectivity index (χ1v) is 7.43. The van der Waals surface area contributed by atoms with E-state index in [1.54, 1.807) is 12.5 Å². The number of nitrogens with one attached hydrogen (secondary N) is 1. The molecule has 1 atom stereocenters. The second-order valence-corrected chi connectivity index (χ2v) is 6.28. The first-order chi connectivity index (χ1) is 10.5. The van der Waals surface area contributed by atoms with E-state index in [9.17, 15) is 5.11 Å². The maximum absolute atomic E-state index is 9.81. The Hall–Kier alpha value is -2.14. The van der Waals surface area contributed by atoms with E-state index in [0.29, 0.717) is 12.5 Å². The van der Waals surface area contributed by atoms with Crippen molar-refractivity contribution in [1.29, 1.82) is 0 Å². The third kappa shape index (κ3) is 2.64. The number of aromatic amines is 1. The molecule has 1 aromatic heterocycles. The van der Waals surface area contributed by atoms with E-state index < -0.39 is 0 Å². The zero-order chi connectivity index (χ0) is 15.7. The summed E-state index contributed by atoms with van der Waals surface area (Å²) in [7, 11) is 0. The van der Waals surface area contributed by atoms with E-state index in [2.05, 4.69) is 28.8 Å². The van der Waals surface area contributed by atoms with Gasteiger partial charge in [-0.3, -0.25) is 0 Å². The van der Waals surface area contributed by atoms with Crippen LogP contribution in [-0.4, -0.2) is 39.7 Å². The van der Waals surface area contributed by atoms with E-state index >= 15 is 0 Å². The van der Waals surface area contributed by atoms with Crippen molar-refractivity contribution in [2.75, 3.05) is 13.2 Å². The molecule has 116 valence electrons. The number of benzene rings is 1. The SMILES string of the molecule is Cc1c(C2=NC(C)(C)CO2)cccc1C(CO)c1cnc[nH]1. The summed E-state index contributed by atoms with van der Waals surface area (Å²) in [4.78, 5) is 11.8. The minimum absolute atomic E-state index is 0.0192. The van der Waals surface area contributed by atoms with Crippen LogP contribution in [-0.2, 0) is 4.74 Å². The van der Waals surface area contributed by atoms with Gasteiger partial charge in [0.05, 0.1) is 18.5 Å². The Morgan fingerprint density at radius 1 is 1.41 bits per heavy atom. The summed E-state index contributed by atoms with van der Waals surface area (Å²) in [6, 6.07) is 6.02. The minimum atomic E-state index is -0.183. The molecule has 0 fully saturated rings. The van der Waals surface area contributed by atoms with Gasteiger partial charge >= 0.3 is 0 Å². The van der Waals surface area contributed by atoms with Gasteiger partial charge in [-0.05, 0) is 38.0 Å². The van der Waals surface area contributed by atoms with Crippen molar-refractivity contribution < 1.29 is 9.84 Å². The fourth-order valence-corrected chi connectivity index (χ4v) is 2.81. The Labute approximate surface area is 130 Å². The summed E-state index contributed by atoms with van der Waals surface area (Å²) in [5, 5.41) is 9.81. The zero-order valence-corrected chi connectivity index (χ0v) is 13.1. The number of hydrogen-bond acceptors (Lipinski definition) is 4. The smallest absolute Gasteiger partial charge is 0.217 e. The average Bonchev–Trinajstić information content (AvgIpc) is 3.11. The molecule has 5 heteroatoms. The van der Waals surface area contributed by atoms with E-state index in [1.807, 2.05) is 25.1 Å². The van der Waals surface area contributed by atoms with Crippen LogP contribution in [0.2, 0.25) is 0 Å². The molecular formula is C17H21N3O2. The van der Waals surface area contributed by atoms with Gasteiger partial charge in [-0.25, -0.2) is 9.98 Å². The average molecular weight is 299 g/mol. The van der Waals surface area contributed by atoms with Gasteiger partial charge < -0.3 is 14.8 Å². The zero-order valence-electron chi connectivity index (χ0n) is 13.1. The number of aliphatic hydroxyl groups is 1. The van der Waals surface area contributed by atoms with Crippen LogP contribution >= 0.6 is 0 Å². The Morgan fingerprint density at radius 2 is 2.23 bits per heavy atom. The molecule has 0 aliphatic carbocycles. The summed E-state index contributed by atoms with van der Waals surface area (Å²) in [6.07, 6.45) is 3.38. The van der Waals surface area contributed by atoms with Gasteiger partial charge in [0.2, 0.25) is 5.90 Å². The second kappa shape index (κ2) is 5.57. The van der Waals surface area contributed by atoms with Gasteiger partial charge in [-0.15, -0.1) is 0 Å². The number of aliphatic hydroxyl groups excluding tert-OH is 1. The largest absolute Gasteiger partial charge is 0.475 e. The number of rotatable bonds is 4. The first-order valence-electron chi connectivity index (χ1n) is 7.43. The summed E-state index contributed by atoms with van der Waals surface area (Å²) >= 11 is 0. The number of aliphatic imine (C=N–C) groups is 1. The molecule has 0 amide bonds. The number of H-pyrrole nitrogens is 1. The lowest BCUT2D eigenvalue weighted by molar-refractivity contribution is 0.277. The fraction of sp³-hybridized carbons (Fsp3) is 0.412. The van der Waals surface area contributed by atoms with E-state index in [-0.39, 0.29) is 18.1 Å². The lowest BCUT2D eigenvalue weighted by Gasteiger charge is -2.18. The lowest BCUT2D eigenvalue weighted by atomic mass is 9.90. The molecule has 1 aliphatic heterocycles. The molecular weight excluding hydrogens is 278 g/mol. The molecule has 2 heterocycles. The number of ether oxygens (including phenoxy) is 1. The predicted molar refractivity (Wildman–Crippen MR) is 85.3 cm³/mol. The first kappa shape index (κ1) is 14.8. The topological polar surface area (TPSA) is 70.5 Å². The molecule has 0 radical (unpaired) electrons.